The summed E-state index contributed by atoms with van der Waals surface area (Å²) >= 11 is 0. The number of nitrogens with two attached hydrogens (primary N) is 1. The second-order valence-corrected chi connectivity index (χ2v) is 4.03. The normalized spacial score (nSPS) is 11.7. The SMILES string of the molecule is COc1ccc(NC(=O)[CH][C@H](C)CC(N)=O)cc1. The van der Waals surface area contributed by atoms with Crippen molar-refractivity contribution in [3.63, 3.8) is 0 Å². The van der Waals surface area contributed by atoms with Crippen LogP contribution in [0.5, 0.6) is 5.75 Å². The lowest BCUT2D eigenvalue weighted by Crippen LogP contribution is -2.20. The average molecular weight is 249 g/mol. The predicted octanol–water partition coefficient (Wildman–Crippen LogP) is 1.35. The van der Waals surface area contributed by atoms with Crippen LogP contribution >= 0.6 is 0 Å². The van der Waals surface area contributed by atoms with E-state index < -0.39 is 5.91 Å². The van der Waals surface area contributed by atoms with Gasteiger partial charge < -0.3 is 15.8 Å². The Morgan fingerprint density at radius 2 is 2.00 bits per heavy atom. The maximum Gasteiger partial charge on any atom is 0.228 e. The fraction of sp³-hybridized carbons (Fsp3) is 0.308. The number of rotatable bonds is 6. The second-order valence-electron chi connectivity index (χ2n) is 4.03. The third-order valence-corrected chi connectivity index (χ3v) is 2.32. The topological polar surface area (TPSA) is 81.4 Å². The van der Waals surface area contributed by atoms with Crippen LogP contribution in [0, 0.1) is 12.3 Å². The van der Waals surface area contributed by atoms with E-state index in [0.717, 1.165) is 5.75 Å². The summed E-state index contributed by atoms with van der Waals surface area (Å²) < 4.78 is 5.01. The summed E-state index contributed by atoms with van der Waals surface area (Å²) in [5.74, 6) is -0.135. The number of hydrogen-bond acceptors (Lipinski definition) is 3. The van der Waals surface area contributed by atoms with Gasteiger partial charge in [-0.2, -0.15) is 0 Å². The number of hydrogen-bond donors (Lipinski definition) is 2. The van der Waals surface area contributed by atoms with Crippen molar-refractivity contribution in [2.24, 2.45) is 11.7 Å². The molecule has 97 valence electrons. The molecule has 0 aliphatic carbocycles. The Bertz CT molecular complexity index is 415. The number of ether oxygens (including phenoxy) is 1. The van der Waals surface area contributed by atoms with Crippen molar-refractivity contribution in [3.05, 3.63) is 30.7 Å². The minimum atomic E-state index is -0.420. The van der Waals surface area contributed by atoms with Gasteiger partial charge in [0.05, 0.1) is 13.5 Å². The molecule has 0 bridgehead atoms. The number of primary amides is 1. The van der Waals surface area contributed by atoms with Crippen molar-refractivity contribution in [3.8, 4) is 5.75 Å². The number of benzene rings is 1. The maximum atomic E-state index is 11.6. The van der Waals surface area contributed by atoms with Gasteiger partial charge in [-0.1, -0.05) is 6.92 Å². The zero-order chi connectivity index (χ0) is 13.5. The fourth-order valence-electron chi connectivity index (χ4n) is 1.49. The fourth-order valence-corrected chi connectivity index (χ4v) is 1.49. The van der Waals surface area contributed by atoms with E-state index in [0.29, 0.717) is 5.69 Å². The molecule has 1 atom stereocenters. The molecule has 0 saturated heterocycles. The molecule has 0 heterocycles. The molecule has 0 fully saturated rings. The summed E-state index contributed by atoms with van der Waals surface area (Å²) in [6.07, 6.45) is 1.60. The van der Waals surface area contributed by atoms with Crippen molar-refractivity contribution in [2.45, 2.75) is 13.3 Å². The highest BCUT2D eigenvalue weighted by atomic mass is 16.5. The van der Waals surface area contributed by atoms with E-state index in [4.69, 9.17) is 10.5 Å². The molecule has 2 amide bonds. The number of methoxy groups -OCH3 is 1. The summed E-state index contributed by atoms with van der Waals surface area (Å²) in [4.78, 5) is 22.3. The lowest BCUT2D eigenvalue weighted by molar-refractivity contribution is -0.118. The van der Waals surface area contributed by atoms with Crippen LogP contribution in [0.25, 0.3) is 0 Å². The van der Waals surface area contributed by atoms with Gasteiger partial charge in [0.1, 0.15) is 5.75 Å². The molecule has 0 aliphatic rings. The molecule has 0 aromatic heterocycles. The van der Waals surface area contributed by atoms with Crippen LogP contribution in [-0.2, 0) is 9.59 Å². The Morgan fingerprint density at radius 3 is 2.50 bits per heavy atom. The van der Waals surface area contributed by atoms with E-state index in [9.17, 15) is 9.59 Å². The Morgan fingerprint density at radius 1 is 1.39 bits per heavy atom. The minimum absolute atomic E-state index is 0.163. The molecule has 1 radical (unpaired) electrons. The van der Waals surface area contributed by atoms with Gasteiger partial charge in [-0.25, -0.2) is 0 Å². The first-order chi connectivity index (χ1) is 8.51. The molecule has 5 nitrogen and oxygen atoms in total. The van der Waals surface area contributed by atoms with E-state index in [2.05, 4.69) is 5.32 Å². The smallest absolute Gasteiger partial charge is 0.228 e. The van der Waals surface area contributed by atoms with Crippen molar-refractivity contribution in [1.29, 1.82) is 0 Å². The molecule has 0 unspecified atom stereocenters. The third kappa shape index (κ3) is 4.86. The first kappa shape index (κ1) is 14.0. The molecule has 5 heteroatoms. The second kappa shape index (κ2) is 6.64. The van der Waals surface area contributed by atoms with E-state index in [1.54, 1.807) is 38.3 Å². The molecule has 1 aromatic carbocycles. The minimum Gasteiger partial charge on any atom is -0.497 e. The van der Waals surface area contributed by atoms with Gasteiger partial charge in [0.2, 0.25) is 11.8 Å². The van der Waals surface area contributed by atoms with E-state index in [1.807, 2.05) is 0 Å². The summed E-state index contributed by atoms with van der Waals surface area (Å²) in [6.45, 7) is 1.76. The van der Waals surface area contributed by atoms with Crippen molar-refractivity contribution in [1.82, 2.24) is 0 Å². The zero-order valence-electron chi connectivity index (χ0n) is 10.5. The summed E-state index contributed by atoms with van der Waals surface area (Å²) in [7, 11) is 1.58. The van der Waals surface area contributed by atoms with E-state index in [1.165, 1.54) is 6.42 Å². The van der Waals surface area contributed by atoms with Gasteiger partial charge in [-0.3, -0.25) is 9.59 Å². The average Bonchev–Trinajstić information content (AvgIpc) is 2.28. The molecule has 0 aliphatic heterocycles. The number of carbonyl (C=O) groups is 2. The predicted molar refractivity (Wildman–Crippen MR) is 68.9 cm³/mol. The van der Waals surface area contributed by atoms with Gasteiger partial charge in [-0.05, 0) is 30.2 Å². The number of carbonyl (C=O) groups excluding carboxylic acids is 2. The van der Waals surface area contributed by atoms with Crippen LogP contribution < -0.4 is 15.8 Å². The molecule has 3 N–H and O–H groups in total. The quantitative estimate of drug-likeness (QED) is 0.798. The monoisotopic (exact) mass is 249 g/mol. The van der Waals surface area contributed by atoms with Crippen LogP contribution in [0.3, 0.4) is 0 Å². The van der Waals surface area contributed by atoms with Gasteiger partial charge in [-0.15, -0.1) is 0 Å². The number of amides is 2. The molecule has 0 spiro atoms. The highest BCUT2D eigenvalue weighted by Crippen LogP contribution is 2.16. The molecule has 1 aromatic rings. The van der Waals surface area contributed by atoms with Crippen LogP contribution in [0.2, 0.25) is 0 Å². The summed E-state index contributed by atoms with van der Waals surface area (Å²) in [5, 5.41) is 2.70. The third-order valence-electron chi connectivity index (χ3n) is 2.32. The largest absolute Gasteiger partial charge is 0.497 e. The Balaban J connectivity index is 2.46. The summed E-state index contributed by atoms with van der Waals surface area (Å²) in [5.41, 5.74) is 5.72. The molecule has 0 saturated carbocycles. The molecular formula is C13H17N2O3. The molecule has 1 rings (SSSR count). The Kier molecular flexibility index (Phi) is 5.17. The Labute approximate surface area is 106 Å². The van der Waals surface area contributed by atoms with Crippen molar-refractivity contribution >= 4 is 17.5 Å². The standard InChI is InChI=1S/C13H17N2O3/c1-9(7-12(14)16)8-13(17)15-10-3-5-11(18-2)6-4-10/h3-6,8-9H,7H2,1-2H3,(H2,14,16)(H,15,17)/t9-/m1/s1. The van der Waals surface area contributed by atoms with Crippen LogP contribution in [0.1, 0.15) is 13.3 Å². The first-order valence-corrected chi connectivity index (χ1v) is 5.59. The first-order valence-electron chi connectivity index (χ1n) is 5.59. The van der Waals surface area contributed by atoms with E-state index in [-0.39, 0.29) is 18.2 Å². The van der Waals surface area contributed by atoms with Crippen molar-refractivity contribution < 1.29 is 14.3 Å². The Hall–Kier alpha value is -2.04. The lowest BCUT2D eigenvalue weighted by atomic mass is 10.0. The van der Waals surface area contributed by atoms with Crippen LogP contribution in [0.15, 0.2) is 24.3 Å². The van der Waals surface area contributed by atoms with Gasteiger partial charge >= 0.3 is 0 Å². The van der Waals surface area contributed by atoms with Crippen LogP contribution in [0.4, 0.5) is 5.69 Å². The lowest BCUT2D eigenvalue weighted by Gasteiger charge is -2.09. The molecular weight excluding hydrogens is 232 g/mol. The number of nitrogens with one attached hydrogen (secondary N) is 1. The van der Waals surface area contributed by atoms with Gasteiger partial charge in [0.15, 0.2) is 0 Å². The van der Waals surface area contributed by atoms with Gasteiger partial charge in [0, 0.05) is 12.1 Å². The zero-order valence-corrected chi connectivity index (χ0v) is 10.5. The van der Waals surface area contributed by atoms with Gasteiger partial charge in [0.25, 0.3) is 0 Å². The van der Waals surface area contributed by atoms with Crippen LogP contribution in [-0.4, -0.2) is 18.9 Å². The van der Waals surface area contributed by atoms with E-state index >= 15 is 0 Å². The van der Waals surface area contributed by atoms with Crippen molar-refractivity contribution in [2.75, 3.05) is 12.4 Å². The highest BCUT2D eigenvalue weighted by Gasteiger charge is 2.12. The highest BCUT2D eigenvalue weighted by molar-refractivity contribution is 5.97. The summed E-state index contributed by atoms with van der Waals surface area (Å²) in [6, 6.07) is 6.98. The molecule has 18 heavy (non-hydrogen) atoms. The maximum absolute atomic E-state index is 11.6. The number of anilines is 1.